The smallest absolute Gasteiger partial charge is 0.119 e. The van der Waals surface area contributed by atoms with Crippen LogP contribution < -0.4 is 4.74 Å². The monoisotopic (exact) mass is 355 g/mol. The van der Waals surface area contributed by atoms with Gasteiger partial charge in [0.05, 0.1) is 19.3 Å². The van der Waals surface area contributed by atoms with Gasteiger partial charge in [0.2, 0.25) is 0 Å². The molecule has 0 amide bonds. The Labute approximate surface area is 158 Å². The number of hydroxylamine groups is 2. The SMILES string of the molecule is C=CCON1C[C@@]2(C)CC[C@@]13c1ccc(OC)cc1CC[C@H]3[C@@H]2CCC. The fourth-order valence-corrected chi connectivity index (χ4v) is 6.35. The highest BCUT2D eigenvalue weighted by molar-refractivity contribution is 5.44. The van der Waals surface area contributed by atoms with E-state index in [0.717, 1.165) is 24.6 Å². The quantitative estimate of drug-likeness (QED) is 0.663. The first-order valence-electron chi connectivity index (χ1n) is 10.3. The number of ether oxygens (including phenoxy) is 1. The molecular formula is C23H33NO2. The number of aryl methyl sites for hydroxylation is 1. The summed E-state index contributed by atoms with van der Waals surface area (Å²) in [6.07, 6.45) is 9.40. The maximum absolute atomic E-state index is 6.32. The Hall–Kier alpha value is -1.32. The second-order valence-electron chi connectivity index (χ2n) is 8.76. The molecule has 3 nitrogen and oxygen atoms in total. The van der Waals surface area contributed by atoms with Crippen LogP contribution in [0.25, 0.3) is 0 Å². The maximum Gasteiger partial charge on any atom is 0.119 e. The van der Waals surface area contributed by atoms with E-state index in [4.69, 9.17) is 9.57 Å². The minimum absolute atomic E-state index is 0.0282. The van der Waals surface area contributed by atoms with Gasteiger partial charge in [-0.05, 0) is 72.6 Å². The molecule has 26 heavy (non-hydrogen) atoms. The summed E-state index contributed by atoms with van der Waals surface area (Å²) in [6.45, 7) is 10.3. The van der Waals surface area contributed by atoms with Crippen LogP contribution in [-0.4, -0.2) is 25.3 Å². The molecule has 142 valence electrons. The topological polar surface area (TPSA) is 21.7 Å². The molecule has 0 unspecified atom stereocenters. The lowest BCUT2D eigenvalue weighted by Gasteiger charge is -2.67. The minimum atomic E-state index is 0.0282. The normalized spacial score (nSPS) is 35.7. The number of benzene rings is 1. The van der Waals surface area contributed by atoms with Crippen molar-refractivity contribution < 1.29 is 9.57 Å². The molecule has 0 N–H and O–H groups in total. The van der Waals surface area contributed by atoms with Gasteiger partial charge < -0.3 is 4.74 Å². The lowest BCUT2D eigenvalue weighted by atomic mass is 9.47. The van der Waals surface area contributed by atoms with E-state index in [1.165, 1.54) is 43.2 Å². The zero-order valence-corrected chi connectivity index (χ0v) is 16.6. The van der Waals surface area contributed by atoms with Crippen LogP contribution in [0.1, 0.15) is 57.1 Å². The lowest BCUT2D eigenvalue weighted by Crippen LogP contribution is -2.69. The third-order valence-electron chi connectivity index (χ3n) is 7.47. The van der Waals surface area contributed by atoms with Crippen LogP contribution in [0, 0.1) is 17.3 Å². The summed E-state index contributed by atoms with van der Waals surface area (Å²) in [7, 11) is 1.76. The van der Waals surface area contributed by atoms with E-state index in [-0.39, 0.29) is 5.54 Å². The van der Waals surface area contributed by atoms with E-state index in [9.17, 15) is 0 Å². The first-order valence-corrected chi connectivity index (χ1v) is 10.3. The number of piperidine rings is 2. The van der Waals surface area contributed by atoms with Gasteiger partial charge in [-0.1, -0.05) is 32.4 Å². The highest BCUT2D eigenvalue weighted by atomic mass is 16.7. The molecule has 1 aromatic rings. The van der Waals surface area contributed by atoms with Gasteiger partial charge >= 0.3 is 0 Å². The zero-order valence-electron chi connectivity index (χ0n) is 16.6. The van der Waals surface area contributed by atoms with Crippen molar-refractivity contribution in [3.63, 3.8) is 0 Å². The maximum atomic E-state index is 6.32. The van der Waals surface area contributed by atoms with Crippen molar-refractivity contribution >= 4 is 0 Å². The molecular weight excluding hydrogens is 322 g/mol. The van der Waals surface area contributed by atoms with E-state index in [2.05, 4.69) is 43.7 Å². The van der Waals surface area contributed by atoms with Gasteiger partial charge in [-0.25, -0.2) is 0 Å². The van der Waals surface area contributed by atoms with Gasteiger partial charge in [-0.2, -0.15) is 5.06 Å². The third-order valence-corrected chi connectivity index (χ3v) is 7.47. The number of methoxy groups -OCH3 is 1. The summed E-state index contributed by atoms with van der Waals surface area (Å²) >= 11 is 0. The van der Waals surface area contributed by atoms with E-state index in [1.807, 2.05) is 6.08 Å². The van der Waals surface area contributed by atoms with Crippen LogP contribution in [0.15, 0.2) is 30.9 Å². The minimum Gasteiger partial charge on any atom is -0.497 e. The Balaban J connectivity index is 1.83. The Kier molecular flexibility index (Phi) is 4.65. The number of fused-ring (bicyclic) bond motifs is 3. The van der Waals surface area contributed by atoms with E-state index < -0.39 is 0 Å². The highest BCUT2D eigenvalue weighted by Gasteiger charge is 2.64. The van der Waals surface area contributed by atoms with Crippen molar-refractivity contribution in [2.75, 3.05) is 20.3 Å². The van der Waals surface area contributed by atoms with Crippen LogP contribution >= 0.6 is 0 Å². The average molecular weight is 356 g/mol. The Bertz CT molecular complexity index is 687. The number of hydrogen-bond donors (Lipinski definition) is 0. The molecule has 1 saturated carbocycles. The molecule has 2 aliphatic heterocycles. The van der Waals surface area contributed by atoms with Gasteiger partial charge in [0.1, 0.15) is 5.75 Å². The van der Waals surface area contributed by atoms with E-state index >= 15 is 0 Å². The molecule has 5 rings (SSSR count). The second kappa shape index (κ2) is 6.69. The number of rotatable bonds is 6. The molecule has 3 fully saturated rings. The molecule has 1 aromatic carbocycles. The van der Waals surface area contributed by atoms with E-state index in [0.29, 0.717) is 17.9 Å². The van der Waals surface area contributed by atoms with Crippen molar-refractivity contribution in [2.45, 2.75) is 57.9 Å². The van der Waals surface area contributed by atoms with Crippen molar-refractivity contribution in [1.29, 1.82) is 0 Å². The number of nitrogens with zero attached hydrogens (tertiary/aromatic N) is 1. The number of hydrogen-bond acceptors (Lipinski definition) is 3. The lowest BCUT2D eigenvalue weighted by molar-refractivity contribution is -0.319. The molecule has 3 heteroatoms. The van der Waals surface area contributed by atoms with Crippen molar-refractivity contribution in [3.8, 4) is 5.75 Å². The summed E-state index contributed by atoms with van der Waals surface area (Å²) in [5.41, 5.74) is 3.34. The predicted molar refractivity (Wildman–Crippen MR) is 105 cm³/mol. The van der Waals surface area contributed by atoms with Gasteiger partial charge in [-0.15, -0.1) is 6.58 Å². The molecule has 4 atom stereocenters. The van der Waals surface area contributed by atoms with Crippen LogP contribution in [-0.2, 0) is 16.8 Å². The molecule has 2 bridgehead atoms. The summed E-state index contributed by atoms with van der Waals surface area (Å²) in [4.78, 5) is 6.32. The van der Waals surface area contributed by atoms with Crippen molar-refractivity contribution in [3.05, 3.63) is 42.0 Å². The van der Waals surface area contributed by atoms with Gasteiger partial charge in [0, 0.05) is 6.54 Å². The van der Waals surface area contributed by atoms with E-state index in [1.54, 1.807) is 7.11 Å². The van der Waals surface area contributed by atoms with Crippen LogP contribution in [0.4, 0.5) is 0 Å². The Morgan fingerprint density at radius 1 is 1.35 bits per heavy atom. The van der Waals surface area contributed by atoms with Gasteiger partial charge in [0.25, 0.3) is 0 Å². The summed E-state index contributed by atoms with van der Waals surface area (Å²) in [5, 5.41) is 2.36. The predicted octanol–water partition coefficient (Wildman–Crippen LogP) is 5.10. The molecule has 1 spiro atoms. The molecule has 2 saturated heterocycles. The molecule has 0 radical (unpaired) electrons. The van der Waals surface area contributed by atoms with Crippen molar-refractivity contribution in [1.82, 2.24) is 5.06 Å². The largest absolute Gasteiger partial charge is 0.497 e. The summed E-state index contributed by atoms with van der Waals surface area (Å²) in [6, 6.07) is 6.71. The van der Waals surface area contributed by atoms with Gasteiger partial charge in [-0.3, -0.25) is 4.84 Å². The fourth-order valence-electron chi connectivity index (χ4n) is 6.35. The summed E-state index contributed by atoms with van der Waals surface area (Å²) < 4.78 is 5.50. The van der Waals surface area contributed by atoms with Crippen LogP contribution in [0.2, 0.25) is 0 Å². The van der Waals surface area contributed by atoms with Gasteiger partial charge in [0.15, 0.2) is 0 Å². The Morgan fingerprint density at radius 3 is 2.92 bits per heavy atom. The zero-order chi connectivity index (χ0) is 18.4. The molecule has 2 aliphatic carbocycles. The average Bonchev–Trinajstić information content (AvgIpc) is 2.66. The first kappa shape index (κ1) is 18.1. The molecule has 4 aliphatic rings. The Morgan fingerprint density at radius 2 is 2.19 bits per heavy atom. The summed E-state index contributed by atoms with van der Waals surface area (Å²) in [5.74, 6) is 2.44. The van der Waals surface area contributed by atoms with Crippen LogP contribution in [0.3, 0.4) is 0 Å². The molecule has 2 heterocycles. The van der Waals surface area contributed by atoms with Crippen LogP contribution in [0.5, 0.6) is 5.75 Å². The first-order chi connectivity index (χ1) is 12.6. The molecule has 0 aromatic heterocycles. The fraction of sp³-hybridized carbons (Fsp3) is 0.652. The highest BCUT2D eigenvalue weighted by Crippen LogP contribution is 2.65. The standard InChI is InChI=1S/C23H33NO2/c1-5-7-20-21-10-8-17-15-18(25-4)9-11-19(17)23(21)13-12-22(20,3)16-24(23)26-14-6-2/h6,9,11,15,20-21H,2,5,7-8,10,12-14,16H2,1,3-4H3/t20-,21-,22+,23-/m0/s1. The van der Waals surface area contributed by atoms with Crippen molar-refractivity contribution in [2.24, 2.45) is 17.3 Å². The second-order valence-corrected chi connectivity index (χ2v) is 8.76. The third kappa shape index (κ3) is 2.47.